The monoisotopic (exact) mass is 280 g/mol. The third-order valence-electron chi connectivity index (χ3n) is 5.59. The fourth-order valence-corrected chi connectivity index (χ4v) is 3.53. The van der Waals surface area contributed by atoms with E-state index in [9.17, 15) is 4.79 Å². The lowest BCUT2D eigenvalue weighted by atomic mass is 9.80. The van der Waals surface area contributed by atoms with Gasteiger partial charge in [0.25, 0.3) is 0 Å². The van der Waals surface area contributed by atoms with Gasteiger partial charge in [0, 0.05) is 5.92 Å². The van der Waals surface area contributed by atoms with Crippen molar-refractivity contribution in [2.24, 2.45) is 17.8 Å². The molecule has 114 valence electrons. The lowest BCUT2D eigenvalue weighted by Crippen LogP contribution is -2.41. The van der Waals surface area contributed by atoms with Gasteiger partial charge in [0.05, 0.1) is 11.2 Å². The molecule has 0 bridgehead atoms. The van der Waals surface area contributed by atoms with Crippen molar-refractivity contribution < 1.29 is 14.1 Å². The highest BCUT2D eigenvalue weighted by molar-refractivity contribution is 6.45. The minimum Gasteiger partial charge on any atom is -0.403 e. The van der Waals surface area contributed by atoms with Crippen LogP contribution in [0, 0.1) is 17.8 Å². The van der Waals surface area contributed by atoms with Crippen molar-refractivity contribution in [3.8, 4) is 0 Å². The lowest BCUT2D eigenvalue weighted by molar-refractivity contribution is -0.111. The third-order valence-corrected chi connectivity index (χ3v) is 5.59. The van der Waals surface area contributed by atoms with Crippen molar-refractivity contribution in [2.75, 3.05) is 0 Å². The molecule has 1 unspecified atom stereocenters. The molecule has 0 aromatic rings. The Hall–Kier alpha value is -0.345. The van der Waals surface area contributed by atoms with E-state index in [2.05, 4.69) is 34.6 Å². The first-order valence-electron chi connectivity index (χ1n) is 8.06. The van der Waals surface area contributed by atoms with Crippen LogP contribution in [0.5, 0.6) is 0 Å². The number of aldehydes is 1. The summed E-state index contributed by atoms with van der Waals surface area (Å²) in [5.41, 5.74) is -0.443. The topological polar surface area (TPSA) is 35.5 Å². The van der Waals surface area contributed by atoms with Crippen LogP contribution < -0.4 is 0 Å². The normalized spacial score (nSPS) is 35.5. The molecule has 0 aromatic carbocycles. The summed E-state index contributed by atoms with van der Waals surface area (Å²) >= 11 is 0. The van der Waals surface area contributed by atoms with E-state index < -0.39 is 0 Å². The van der Waals surface area contributed by atoms with Gasteiger partial charge in [0.15, 0.2) is 0 Å². The first-order chi connectivity index (χ1) is 9.25. The average Bonchev–Trinajstić information content (AvgIpc) is 2.78. The van der Waals surface area contributed by atoms with Gasteiger partial charge in [-0.05, 0) is 58.7 Å². The first-order valence-corrected chi connectivity index (χ1v) is 8.06. The van der Waals surface area contributed by atoms with E-state index in [1.807, 2.05) is 0 Å². The molecule has 20 heavy (non-hydrogen) atoms. The van der Waals surface area contributed by atoms with Crippen molar-refractivity contribution in [1.29, 1.82) is 0 Å². The van der Waals surface area contributed by atoms with Crippen LogP contribution in [0.3, 0.4) is 0 Å². The highest BCUT2D eigenvalue weighted by Gasteiger charge is 2.50. The van der Waals surface area contributed by atoms with Gasteiger partial charge in [-0.25, -0.2) is 0 Å². The molecule has 2 rings (SSSR count). The standard InChI is InChI=1S/C16H29BO3/c1-12-9-13(11-18)10-14(12)7-6-8-17-19-15(2,3)16(4,5)20-17/h11-14H,6-10H2,1-5H3/t12-,13?,14+/m0/s1. The van der Waals surface area contributed by atoms with E-state index in [-0.39, 0.29) is 18.3 Å². The van der Waals surface area contributed by atoms with Gasteiger partial charge in [0.2, 0.25) is 0 Å². The molecule has 3 nitrogen and oxygen atoms in total. The number of hydrogen-bond acceptors (Lipinski definition) is 3. The van der Waals surface area contributed by atoms with Gasteiger partial charge < -0.3 is 14.1 Å². The van der Waals surface area contributed by atoms with Gasteiger partial charge in [-0.2, -0.15) is 0 Å². The predicted octanol–water partition coefficient (Wildman–Crippen LogP) is 3.72. The number of carbonyl (C=O) groups excluding carboxylic acids is 1. The Kier molecular flexibility index (Phi) is 4.65. The SMILES string of the molecule is C[C@H]1CC(C=O)C[C@H]1CCCB1OC(C)(C)C(C)(C)O1. The summed E-state index contributed by atoms with van der Waals surface area (Å²) in [7, 11) is -0.0708. The van der Waals surface area contributed by atoms with Crippen molar-refractivity contribution in [2.45, 2.75) is 77.8 Å². The molecule has 2 aliphatic rings. The summed E-state index contributed by atoms with van der Waals surface area (Å²) in [6.45, 7) is 10.7. The van der Waals surface area contributed by atoms with E-state index in [1.54, 1.807) is 0 Å². The van der Waals surface area contributed by atoms with E-state index in [0.29, 0.717) is 17.8 Å². The average molecular weight is 280 g/mol. The number of carbonyl (C=O) groups is 1. The van der Waals surface area contributed by atoms with Crippen molar-refractivity contribution in [3.05, 3.63) is 0 Å². The zero-order valence-electron chi connectivity index (χ0n) is 13.6. The molecule has 4 heteroatoms. The maximum Gasteiger partial charge on any atom is 0.457 e. The van der Waals surface area contributed by atoms with E-state index in [4.69, 9.17) is 9.31 Å². The maximum absolute atomic E-state index is 10.9. The molecule has 0 N–H and O–H groups in total. The van der Waals surface area contributed by atoms with Gasteiger partial charge >= 0.3 is 7.12 Å². The summed E-state index contributed by atoms with van der Waals surface area (Å²) in [5, 5.41) is 0. The van der Waals surface area contributed by atoms with E-state index in [0.717, 1.165) is 31.9 Å². The second-order valence-corrected chi connectivity index (χ2v) is 7.72. The maximum atomic E-state index is 10.9. The van der Waals surface area contributed by atoms with Gasteiger partial charge in [-0.3, -0.25) is 0 Å². The minimum atomic E-state index is -0.221. The second kappa shape index (κ2) is 5.80. The summed E-state index contributed by atoms with van der Waals surface area (Å²) in [6.07, 6.45) is 6.57. The molecule has 1 saturated heterocycles. The summed E-state index contributed by atoms with van der Waals surface area (Å²) in [4.78, 5) is 10.9. The molecule has 2 fully saturated rings. The largest absolute Gasteiger partial charge is 0.457 e. The van der Waals surface area contributed by atoms with E-state index >= 15 is 0 Å². The van der Waals surface area contributed by atoms with Crippen molar-refractivity contribution >= 4 is 13.4 Å². The molecule has 1 aliphatic heterocycles. The van der Waals surface area contributed by atoms with Crippen LogP contribution >= 0.6 is 0 Å². The molecule has 0 radical (unpaired) electrons. The second-order valence-electron chi connectivity index (χ2n) is 7.72. The Balaban J connectivity index is 1.74. The molecule has 0 spiro atoms. The molecular formula is C16H29BO3. The third kappa shape index (κ3) is 3.28. The van der Waals surface area contributed by atoms with Crippen LogP contribution in [0.15, 0.2) is 0 Å². The van der Waals surface area contributed by atoms with E-state index in [1.165, 1.54) is 6.42 Å². The lowest BCUT2D eigenvalue weighted by Gasteiger charge is -2.32. The van der Waals surface area contributed by atoms with Crippen LogP contribution in [0.4, 0.5) is 0 Å². The van der Waals surface area contributed by atoms with Gasteiger partial charge in [-0.1, -0.05) is 19.8 Å². The minimum absolute atomic E-state index is 0.0708. The Labute approximate surface area is 123 Å². The first kappa shape index (κ1) is 16.0. The number of rotatable bonds is 5. The molecule has 1 heterocycles. The molecular weight excluding hydrogens is 251 g/mol. The van der Waals surface area contributed by atoms with Crippen LogP contribution in [0.1, 0.15) is 60.3 Å². The molecule has 1 aliphatic carbocycles. The molecule has 0 aromatic heterocycles. The fourth-order valence-electron chi connectivity index (χ4n) is 3.53. The smallest absolute Gasteiger partial charge is 0.403 e. The fraction of sp³-hybridized carbons (Fsp3) is 0.938. The quantitative estimate of drug-likeness (QED) is 0.568. The Morgan fingerprint density at radius 2 is 1.75 bits per heavy atom. The highest BCUT2D eigenvalue weighted by atomic mass is 16.7. The van der Waals surface area contributed by atoms with Crippen molar-refractivity contribution in [1.82, 2.24) is 0 Å². The zero-order valence-corrected chi connectivity index (χ0v) is 13.6. The Bertz CT molecular complexity index is 338. The molecule has 0 amide bonds. The number of hydrogen-bond donors (Lipinski definition) is 0. The predicted molar refractivity (Wildman–Crippen MR) is 81.6 cm³/mol. The van der Waals surface area contributed by atoms with Gasteiger partial charge in [0.1, 0.15) is 6.29 Å². The van der Waals surface area contributed by atoms with Crippen LogP contribution in [-0.4, -0.2) is 24.6 Å². The van der Waals surface area contributed by atoms with Gasteiger partial charge in [-0.15, -0.1) is 0 Å². The van der Waals surface area contributed by atoms with Crippen molar-refractivity contribution in [3.63, 3.8) is 0 Å². The summed E-state index contributed by atoms with van der Waals surface area (Å²) < 4.78 is 12.0. The molecule has 3 atom stereocenters. The highest BCUT2D eigenvalue weighted by Crippen LogP contribution is 2.40. The van der Waals surface area contributed by atoms with Crippen LogP contribution in [0.2, 0.25) is 6.32 Å². The zero-order chi connectivity index (χ0) is 15.0. The molecule has 1 saturated carbocycles. The summed E-state index contributed by atoms with van der Waals surface area (Å²) in [6, 6.07) is 0. The van der Waals surface area contributed by atoms with Crippen LogP contribution in [-0.2, 0) is 14.1 Å². The Morgan fingerprint density at radius 3 is 2.25 bits per heavy atom. The van der Waals surface area contributed by atoms with Crippen LogP contribution in [0.25, 0.3) is 0 Å². The Morgan fingerprint density at radius 1 is 1.15 bits per heavy atom. The summed E-state index contributed by atoms with van der Waals surface area (Å²) in [5.74, 6) is 1.68.